The Morgan fingerprint density at radius 1 is 1.15 bits per heavy atom. The first-order chi connectivity index (χ1) is 8.72. The van der Waals surface area contributed by atoms with E-state index in [4.69, 9.17) is 4.74 Å². The molecule has 0 aromatic carbocycles. The molecule has 1 rings (SSSR count). The quantitative estimate of drug-likeness (QED) is 0.438. The molecule has 0 N–H and O–H groups in total. The van der Waals surface area contributed by atoms with Gasteiger partial charge in [-0.1, -0.05) is 45.4 Å². The minimum absolute atomic E-state index is 0.0653. The van der Waals surface area contributed by atoms with E-state index in [2.05, 4.69) is 49.6 Å². The van der Waals surface area contributed by atoms with Crippen molar-refractivity contribution in [3.8, 4) is 0 Å². The van der Waals surface area contributed by atoms with Crippen molar-refractivity contribution in [1.82, 2.24) is 4.23 Å². The second kappa shape index (κ2) is 5.42. The summed E-state index contributed by atoms with van der Waals surface area (Å²) in [5, 5.41) is 0. The molecule has 0 radical (unpaired) electrons. The van der Waals surface area contributed by atoms with Crippen LogP contribution >= 0.6 is 0 Å². The maximum Gasteiger partial charge on any atom is 0.317 e. The molecule has 0 fully saturated rings. The Morgan fingerprint density at radius 2 is 1.60 bits per heavy atom. The fraction of sp³-hybridized carbons (Fsp3) is 0.800. The largest absolute Gasteiger partial charge is 0.459 e. The highest BCUT2D eigenvalue weighted by atomic mass is 28.4. The van der Waals surface area contributed by atoms with Gasteiger partial charge in [0.15, 0.2) is 0 Å². The highest BCUT2D eigenvalue weighted by Crippen LogP contribution is 2.34. The zero-order valence-electron chi connectivity index (χ0n) is 14.6. The van der Waals surface area contributed by atoms with Gasteiger partial charge < -0.3 is 8.97 Å². The molecule has 0 saturated heterocycles. The Labute approximate surface area is 126 Å². The van der Waals surface area contributed by atoms with Crippen molar-refractivity contribution in [2.45, 2.75) is 65.7 Å². The van der Waals surface area contributed by atoms with Crippen molar-refractivity contribution < 1.29 is 9.53 Å². The van der Waals surface area contributed by atoms with Crippen molar-refractivity contribution in [3.05, 3.63) is 11.6 Å². The molecule has 0 amide bonds. The summed E-state index contributed by atoms with van der Waals surface area (Å²) in [5.41, 5.74) is 0.861. The third-order valence-electron chi connectivity index (χ3n) is 3.29. The maximum atomic E-state index is 12.0. The first-order valence-electron chi connectivity index (χ1n) is 7.43. The topological polar surface area (TPSA) is 29.5 Å². The van der Waals surface area contributed by atoms with Crippen molar-refractivity contribution in [3.63, 3.8) is 0 Å². The molecule has 0 aliphatic heterocycles. The molecule has 1 aliphatic carbocycles. The SMILES string of the molecule is CC(C)(C)OC(=O)C1C=C1CN([Si](C)(C)C)[Si](C)(C)C. The predicted molar refractivity (Wildman–Crippen MR) is 90.8 cm³/mol. The first-order valence-corrected chi connectivity index (χ1v) is 14.3. The standard InChI is InChI=1S/C15H31NO2Si2/c1-15(2,3)18-14(17)13-10-12(13)11-16(19(4,5)6)20(7,8)9/h10,13H,11H2,1-9H3. The van der Waals surface area contributed by atoms with Crippen molar-refractivity contribution in [2.24, 2.45) is 5.92 Å². The van der Waals surface area contributed by atoms with E-state index in [-0.39, 0.29) is 11.9 Å². The summed E-state index contributed by atoms with van der Waals surface area (Å²) in [6, 6.07) is 0. The molecule has 5 heteroatoms. The second-order valence-corrected chi connectivity index (χ2v) is 18.9. The number of carbonyl (C=O) groups excluding carboxylic acids is 1. The van der Waals surface area contributed by atoms with Gasteiger partial charge in [0, 0.05) is 6.54 Å². The van der Waals surface area contributed by atoms with E-state index in [1.165, 1.54) is 5.57 Å². The van der Waals surface area contributed by atoms with Crippen LogP contribution in [0, 0.1) is 5.92 Å². The zero-order valence-corrected chi connectivity index (χ0v) is 16.6. The van der Waals surface area contributed by atoms with Gasteiger partial charge in [0.05, 0.1) is 5.92 Å². The number of carbonyl (C=O) groups is 1. The molecular weight excluding hydrogens is 282 g/mol. The molecule has 1 atom stereocenters. The molecule has 0 bridgehead atoms. The lowest BCUT2D eigenvalue weighted by atomic mass is 10.2. The van der Waals surface area contributed by atoms with E-state index in [1.54, 1.807) is 0 Å². The van der Waals surface area contributed by atoms with Crippen LogP contribution in [0.15, 0.2) is 11.6 Å². The lowest BCUT2D eigenvalue weighted by Gasteiger charge is -2.43. The van der Waals surface area contributed by atoms with Crippen LogP contribution < -0.4 is 0 Å². The highest BCUT2D eigenvalue weighted by molar-refractivity contribution is 6.89. The maximum absolute atomic E-state index is 12.0. The molecule has 0 heterocycles. The molecule has 0 aromatic rings. The van der Waals surface area contributed by atoms with Crippen molar-refractivity contribution in [2.75, 3.05) is 6.54 Å². The smallest absolute Gasteiger partial charge is 0.317 e. The summed E-state index contributed by atoms with van der Waals surface area (Å²) in [6.45, 7) is 21.0. The Morgan fingerprint density at radius 3 is 1.95 bits per heavy atom. The van der Waals surface area contributed by atoms with Crippen molar-refractivity contribution in [1.29, 1.82) is 0 Å². The van der Waals surface area contributed by atoms with Gasteiger partial charge in [-0.2, -0.15) is 0 Å². The van der Waals surface area contributed by atoms with Gasteiger partial charge in [-0.15, -0.1) is 0 Å². The fourth-order valence-electron chi connectivity index (χ4n) is 2.56. The molecule has 20 heavy (non-hydrogen) atoms. The van der Waals surface area contributed by atoms with Gasteiger partial charge >= 0.3 is 5.97 Å². The summed E-state index contributed by atoms with van der Waals surface area (Å²) in [7, 11) is -2.71. The molecule has 3 nitrogen and oxygen atoms in total. The molecule has 0 aromatic heterocycles. The summed E-state index contributed by atoms with van der Waals surface area (Å²) < 4.78 is 8.16. The van der Waals surface area contributed by atoms with Crippen molar-refractivity contribution >= 4 is 22.4 Å². The third kappa shape index (κ3) is 5.18. The van der Waals surface area contributed by atoms with Crippen LogP contribution in [0.1, 0.15) is 20.8 Å². The van der Waals surface area contributed by atoms with Crippen LogP contribution in [0.25, 0.3) is 0 Å². The van der Waals surface area contributed by atoms with E-state index in [1.807, 2.05) is 20.8 Å². The monoisotopic (exact) mass is 313 g/mol. The minimum atomic E-state index is -1.35. The Kier molecular flexibility index (Phi) is 4.79. The molecule has 0 spiro atoms. The van der Waals surface area contributed by atoms with Gasteiger partial charge in [0.25, 0.3) is 0 Å². The van der Waals surface area contributed by atoms with E-state index < -0.39 is 22.1 Å². The molecule has 1 unspecified atom stereocenters. The molecule has 1 aliphatic rings. The fourth-order valence-corrected chi connectivity index (χ4v) is 11.9. The Balaban J connectivity index is 2.63. The summed E-state index contributed by atoms with van der Waals surface area (Å²) in [4.78, 5) is 12.0. The Hall–Kier alpha value is -0.396. The van der Waals surface area contributed by atoms with Gasteiger partial charge in [-0.25, -0.2) is 0 Å². The van der Waals surface area contributed by atoms with Crippen LogP contribution in [-0.2, 0) is 9.53 Å². The zero-order chi connectivity index (χ0) is 15.9. The number of rotatable bonds is 5. The minimum Gasteiger partial charge on any atom is -0.459 e. The van der Waals surface area contributed by atoms with Crippen LogP contribution in [0.5, 0.6) is 0 Å². The third-order valence-corrected chi connectivity index (χ3v) is 10.9. The van der Waals surface area contributed by atoms with E-state index in [9.17, 15) is 4.79 Å². The number of hydrogen-bond acceptors (Lipinski definition) is 3. The molecular formula is C15H31NO2Si2. The summed E-state index contributed by atoms with van der Waals surface area (Å²) >= 11 is 0. The first kappa shape index (κ1) is 17.7. The number of ether oxygens (including phenoxy) is 1. The van der Waals surface area contributed by atoms with Crippen LogP contribution in [0.3, 0.4) is 0 Å². The summed E-state index contributed by atoms with van der Waals surface area (Å²) in [6.07, 6.45) is 2.07. The van der Waals surface area contributed by atoms with Crippen LogP contribution in [0.4, 0.5) is 0 Å². The lowest BCUT2D eigenvalue weighted by molar-refractivity contribution is -0.155. The lowest BCUT2D eigenvalue weighted by Crippen LogP contribution is -2.59. The number of nitrogens with zero attached hydrogens (tertiary/aromatic N) is 1. The summed E-state index contributed by atoms with van der Waals surface area (Å²) in [5.74, 6) is -0.150. The van der Waals surface area contributed by atoms with Crippen LogP contribution in [0.2, 0.25) is 39.3 Å². The average molecular weight is 314 g/mol. The predicted octanol–water partition coefficient (Wildman–Crippen LogP) is 3.86. The van der Waals surface area contributed by atoms with E-state index in [0.29, 0.717) is 0 Å². The normalized spacial score (nSPS) is 19.9. The Bertz CT molecular complexity index is 397. The highest BCUT2D eigenvalue weighted by Gasteiger charge is 2.41. The number of esters is 1. The average Bonchev–Trinajstić information content (AvgIpc) is 2.86. The number of hydrogen-bond donors (Lipinski definition) is 0. The van der Waals surface area contributed by atoms with Gasteiger partial charge in [0.2, 0.25) is 0 Å². The van der Waals surface area contributed by atoms with E-state index in [0.717, 1.165) is 6.54 Å². The second-order valence-electron chi connectivity index (χ2n) is 8.68. The van der Waals surface area contributed by atoms with Crippen LogP contribution in [-0.4, -0.2) is 38.8 Å². The molecule has 0 saturated carbocycles. The molecule has 116 valence electrons. The van der Waals surface area contributed by atoms with Gasteiger partial charge in [-0.3, -0.25) is 4.79 Å². The van der Waals surface area contributed by atoms with Gasteiger partial charge in [-0.05, 0) is 26.3 Å². The van der Waals surface area contributed by atoms with Gasteiger partial charge in [0.1, 0.15) is 22.1 Å². The van der Waals surface area contributed by atoms with E-state index >= 15 is 0 Å².